The lowest BCUT2D eigenvalue weighted by Crippen LogP contribution is -2.45. The molecule has 0 saturated carbocycles. The molecule has 0 rings (SSSR count). The van der Waals surface area contributed by atoms with Crippen molar-refractivity contribution in [1.29, 1.82) is 0 Å². The van der Waals surface area contributed by atoms with Crippen molar-refractivity contribution in [3.63, 3.8) is 0 Å². The predicted molar refractivity (Wildman–Crippen MR) is 288 cm³/mol. The first-order valence-electron chi connectivity index (χ1n) is 26.7. The summed E-state index contributed by atoms with van der Waals surface area (Å²) in [5.74, 6) is -0.218. The number of hydrogen-bond acceptors (Lipinski definition) is 6. The van der Waals surface area contributed by atoms with Crippen molar-refractivity contribution in [2.45, 2.75) is 212 Å². The standard InChI is InChI=1S/C58H101N2O6P/c1-6-8-10-12-14-16-18-20-21-22-23-24-25-26-27-28-29-30-31-32-33-34-35-36-37-38-39-40-42-44-46-48-50-52-58(62)59-56(55-66-67(63,64)65-54-53-60(3,4)5)57(61)51-49-47-45-43-41-19-17-15-13-11-9-7-2/h8,10,13-16,20-21,23-24,26-27,29-30,41,43,49,51,56-57,61H,6-7,9,11-12,17-19,22,25,28,31-40,42,44-48,50,52-55H2,1-5H3,(H-,59,62,63,64)/b10-8-,15-13+,16-14-,21-20-,24-23-,27-26-,30-29-,43-41+,51-49+. The molecule has 0 aromatic heterocycles. The van der Waals surface area contributed by atoms with Crippen molar-refractivity contribution in [2.24, 2.45) is 0 Å². The van der Waals surface area contributed by atoms with E-state index in [1.165, 1.54) is 89.9 Å². The van der Waals surface area contributed by atoms with Gasteiger partial charge in [-0.3, -0.25) is 9.36 Å². The number of aliphatic hydroxyl groups excluding tert-OH is 1. The van der Waals surface area contributed by atoms with Crippen molar-refractivity contribution in [2.75, 3.05) is 40.9 Å². The number of likely N-dealkylation sites (N-methyl/N-ethyl adjacent to an activating group) is 1. The zero-order chi connectivity index (χ0) is 49.2. The Labute approximate surface area is 412 Å². The summed E-state index contributed by atoms with van der Waals surface area (Å²) in [5, 5.41) is 13.8. The van der Waals surface area contributed by atoms with Crippen molar-refractivity contribution in [3.05, 3.63) is 109 Å². The predicted octanol–water partition coefficient (Wildman–Crippen LogP) is 15.4. The maximum absolute atomic E-state index is 12.9. The molecular formula is C58H101N2O6P. The molecule has 0 aliphatic heterocycles. The van der Waals surface area contributed by atoms with E-state index in [1.54, 1.807) is 6.08 Å². The summed E-state index contributed by atoms with van der Waals surface area (Å²) >= 11 is 0. The number of amides is 1. The number of carbonyl (C=O) groups excluding carboxylic acids is 1. The molecule has 67 heavy (non-hydrogen) atoms. The van der Waals surface area contributed by atoms with Gasteiger partial charge in [0.1, 0.15) is 13.2 Å². The summed E-state index contributed by atoms with van der Waals surface area (Å²) < 4.78 is 23.2. The van der Waals surface area contributed by atoms with Crippen LogP contribution in [0.5, 0.6) is 0 Å². The maximum atomic E-state index is 12.9. The van der Waals surface area contributed by atoms with Crippen LogP contribution >= 0.6 is 7.82 Å². The molecule has 3 atom stereocenters. The number of nitrogens with one attached hydrogen (secondary N) is 1. The molecule has 0 radical (unpaired) electrons. The van der Waals surface area contributed by atoms with Crippen molar-refractivity contribution in [1.82, 2.24) is 5.32 Å². The van der Waals surface area contributed by atoms with E-state index in [1.807, 2.05) is 27.2 Å². The van der Waals surface area contributed by atoms with Crippen molar-refractivity contribution >= 4 is 13.7 Å². The summed E-state index contributed by atoms with van der Waals surface area (Å²) in [5.41, 5.74) is 0. The number of aliphatic hydroxyl groups is 1. The zero-order valence-corrected chi connectivity index (χ0v) is 44.5. The van der Waals surface area contributed by atoms with E-state index < -0.39 is 26.6 Å². The van der Waals surface area contributed by atoms with E-state index in [0.717, 1.165) is 89.9 Å². The highest BCUT2D eigenvalue weighted by molar-refractivity contribution is 7.45. The minimum absolute atomic E-state index is 0.0137. The number of nitrogens with zero attached hydrogens (tertiary/aromatic N) is 1. The van der Waals surface area contributed by atoms with Crippen LogP contribution in [0.4, 0.5) is 0 Å². The second kappa shape index (κ2) is 48.2. The van der Waals surface area contributed by atoms with Crippen LogP contribution in [-0.4, -0.2) is 68.5 Å². The first-order valence-corrected chi connectivity index (χ1v) is 28.2. The average molecular weight is 953 g/mol. The van der Waals surface area contributed by atoms with Crippen LogP contribution in [0.25, 0.3) is 0 Å². The zero-order valence-electron chi connectivity index (χ0n) is 43.6. The number of rotatable bonds is 47. The lowest BCUT2D eigenvalue weighted by atomic mass is 10.0. The Hall–Kier alpha value is -2.84. The number of allylic oxidation sites excluding steroid dienone is 17. The Balaban J connectivity index is 4.12. The van der Waals surface area contributed by atoms with E-state index >= 15 is 0 Å². The monoisotopic (exact) mass is 953 g/mol. The van der Waals surface area contributed by atoms with Crippen LogP contribution < -0.4 is 10.2 Å². The summed E-state index contributed by atoms with van der Waals surface area (Å²) in [6, 6.07) is -0.915. The van der Waals surface area contributed by atoms with Gasteiger partial charge in [-0.05, 0) is 89.9 Å². The van der Waals surface area contributed by atoms with E-state index in [4.69, 9.17) is 9.05 Å². The van der Waals surface area contributed by atoms with Crippen LogP contribution in [0.15, 0.2) is 109 Å². The highest BCUT2D eigenvalue weighted by Gasteiger charge is 2.23. The maximum Gasteiger partial charge on any atom is 0.268 e. The Kier molecular flexibility index (Phi) is 46.2. The van der Waals surface area contributed by atoms with Crippen LogP contribution in [0.1, 0.15) is 200 Å². The third-order valence-electron chi connectivity index (χ3n) is 11.2. The molecule has 8 nitrogen and oxygen atoms in total. The van der Waals surface area contributed by atoms with Gasteiger partial charge in [-0.25, -0.2) is 0 Å². The number of phosphoric ester groups is 1. The third-order valence-corrected chi connectivity index (χ3v) is 12.2. The van der Waals surface area contributed by atoms with Gasteiger partial charge in [0, 0.05) is 6.42 Å². The third kappa shape index (κ3) is 50.9. The number of phosphoric acid groups is 1. The highest BCUT2D eigenvalue weighted by Crippen LogP contribution is 2.38. The van der Waals surface area contributed by atoms with Gasteiger partial charge in [0.05, 0.1) is 39.9 Å². The molecule has 3 unspecified atom stereocenters. The fraction of sp³-hybridized carbons (Fsp3) is 0.672. The summed E-state index contributed by atoms with van der Waals surface area (Å²) in [4.78, 5) is 25.4. The van der Waals surface area contributed by atoms with Gasteiger partial charge < -0.3 is 28.8 Å². The molecular weight excluding hydrogens is 852 g/mol. The molecule has 0 heterocycles. The summed E-state index contributed by atoms with van der Waals surface area (Å²) in [6.45, 7) is 4.43. The molecule has 9 heteroatoms. The topological polar surface area (TPSA) is 108 Å². The fourth-order valence-electron chi connectivity index (χ4n) is 7.00. The minimum Gasteiger partial charge on any atom is -0.756 e. The quantitative estimate of drug-likeness (QED) is 0.0272. The lowest BCUT2D eigenvalue weighted by Gasteiger charge is -2.29. The van der Waals surface area contributed by atoms with Gasteiger partial charge in [0.25, 0.3) is 7.82 Å². The van der Waals surface area contributed by atoms with Crippen LogP contribution in [0, 0.1) is 0 Å². The second-order valence-corrected chi connectivity index (χ2v) is 20.2. The Morgan fingerprint density at radius 3 is 1.39 bits per heavy atom. The SMILES string of the molecule is CC/C=C\C/C=C\C/C=C\C/C=C\C/C=C\C/C=C\CCCCCCCCCCCCCCCCC(=O)NC(COP(=O)([O-])OCC[N+](C)(C)C)C(O)/C=C/CC/C=C/CC/C=C/CCCC. The molecule has 0 aliphatic rings. The number of unbranched alkanes of at least 4 members (excludes halogenated alkanes) is 18. The molecule has 0 bridgehead atoms. The molecule has 0 aromatic rings. The fourth-order valence-corrected chi connectivity index (χ4v) is 7.72. The summed E-state index contributed by atoms with van der Waals surface area (Å²) in [6.07, 6.45) is 70.3. The normalized spacial score (nSPS) is 14.9. The van der Waals surface area contributed by atoms with E-state index in [9.17, 15) is 19.4 Å². The Bertz CT molecular complexity index is 1450. The molecule has 0 aliphatic carbocycles. The average Bonchev–Trinajstić information content (AvgIpc) is 3.29. The Morgan fingerprint density at radius 2 is 0.925 bits per heavy atom. The van der Waals surface area contributed by atoms with Crippen LogP contribution in [0.2, 0.25) is 0 Å². The largest absolute Gasteiger partial charge is 0.756 e. The molecule has 0 saturated heterocycles. The van der Waals surface area contributed by atoms with Crippen LogP contribution in [-0.2, 0) is 18.4 Å². The molecule has 384 valence electrons. The van der Waals surface area contributed by atoms with E-state index in [0.29, 0.717) is 17.4 Å². The molecule has 1 amide bonds. The van der Waals surface area contributed by atoms with E-state index in [-0.39, 0.29) is 12.5 Å². The summed E-state index contributed by atoms with van der Waals surface area (Å²) in [7, 11) is 1.22. The smallest absolute Gasteiger partial charge is 0.268 e. The van der Waals surface area contributed by atoms with Crippen molar-refractivity contribution < 1.29 is 32.9 Å². The van der Waals surface area contributed by atoms with Gasteiger partial charge in [-0.1, -0.05) is 213 Å². The lowest BCUT2D eigenvalue weighted by molar-refractivity contribution is -0.870. The minimum atomic E-state index is -4.61. The second-order valence-electron chi connectivity index (χ2n) is 18.8. The Morgan fingerprint density at radius 1 is 0.537 bits per heavy atom. The molecule has 0 fully saturated rings. The van der Waals surface area contributed by atoms with Crippen molar-refractivity contribution in [3.8, 4) is 0 Å². The van der Waals surface area contributed by atoms with Gasteiger partial charge in [0.2, 0.25) is 5.91 Å². The molecule has 2 N–H and O–H groups in total. The number of carbonyl (C=O) groups is 1. The first-order chi connectivity index (χ1) is 32.5. The van der Waals surface area contributed by atoms with Gasteiger partial charge in [-0.15, -0.1) is 0 Å². The highest BCUT2D eigenvalue weighted by atomic mass is 31.2. The van der Waals surface area contributed by atoms with Crippen LogP contribution in [0.3, 0.4) is 0 Å². The number of quaternary nitrogens is 1. The van der Waals surface area contributed by atoms with Gasteiger partial charge >= 0.3 is 0 Å². The van der Waals surface area contributed by atoms with Gasteiger partial charge in [0.15, 0.2) is 0 Å². The number of hydrogen-bond donors (Lipinski definition) is 2. The van der Waals surface area contributed by atoms with Gasteiger partial charge in [-0.2, -0.15) is 0 Å². The molecule has 0 aromatic carbocycles. The first kappa shape index (κ1) is 64.2. The molecule has 0 spiro atoms. The van der Waals surface area contributed by atoms with E-state index in [2.05, 4.69) is 116 Å².